The number of aromatic nitrogens is 2. The molecule has 0 saturated carbocycles. The average Bonchev–Trinajstić information content (AvgIpc) is 2.95. The molecule has 4 heteroatoms. The van der Waals surface area contributed by atoms with Crippen LogP contribution in [0.5, 0.6) is 0 Å². The van der Waals surface area contributed by atoms with Gasteiger partial charge in [0.15, 0.2) is 0 Å². The van der Waals surface area contributed by atoms with Crippen molar-refractivity contribution in [2.45, 2.75) is 19.8 Å². The number of H-pyrrole nitrogens is 1. The Balaban J connectivity index is 2.20. The van der Waals surface area contributed by atoms with Crippen LogP contribution in [0.25, 0.3) is 22.2 Å². The average molecular weight is 241 g/mol. The summed E-state index contributed by atoms with van der Waals surface area (Å²) in [5, 5.41) is 8.21. The molecule has 18 heavy (non-hydrogen) atoms. The zero-order valence-electron chi connectivity index (χ0n) is 10.2. The van der Waals surface area contributed by atoms with Crippen molar-refractivity contribution in [2.75, 3.05) is 5.73 Å². The number of nitrogens with two attached hydrogens (primary N) is 1. The number of anilines is 1. The molecule has 0 atom stereocenters. The van der Waals surface area contributed by atoms with E-state index in [1.807, 2.05) is 24.3 Å². The first-order valence-corrected chi connectivity index (χ1v) is 6.10. The second kappa shape index (κ2) is 4.22. The first-order valence-electron chi connectivity index (χ1n) is 6.10. The number of nitrogens with zero attached hydrogens (tertiary/aromatic N) is 1. The Kier molecular flexibility index (Phi) is 2.55. The highest BCUT2D eigenvalue weighted by Crippen LogP contribution is 2.33. The minimum atomic E-state index is 0.581. The standard InChI is InChI=1S/C14H15N3O/c1-2-5-10-13(16-17-14(10)15)11-8-18-12-7-4-3-6-9(11)12/h3-4,6-8H,2,5H2,1H3,(H3,15,16,17). The Morgan fingerprint density at radius 3 is 3.00 bits per heavy atom. The van der Waals surface area contributed by atoms with Crippen molar-refractivity contribution in [1.29, 1.82) is 0 Å². The summed E-state index contributed by atoms with van der Waals surface area (Å²) in [6.45, 7) is 2.13. The summed E-state index contributed by atoms with van der Waals surface area (Å²) in [5.41, 5.74) is 9.85. The van der Waals surface area contributed by atoms with Crippen LogP contribution >= 0.6 is 0 Å². The maximum atomic E-state index is 5.90. The van der Waals surface area contributed by atoms with Gasteiger partial charge in [0.25, 0.3) is 0 Å². The van der Waals surface area contributed by atoms with E-state index in [4.69, 9.17) is 10.2 Å². The van der Waals surface area contributed by atoms with E-state index in [2.05, 4.69) is 17.1 Å². The number of benzene rings is 1. The Hall–Kier alpha value is -2.23. The fraction of sp³-hybridized carbons (Fsp3) is 0.214. The van der Waals surface area contributed by atoms with Crippen molar-refractivity contribution in [3.63, 3.8) is 0 Å². The minimum Gasteiger partial charge on any atom is -0.464 e. The molecule has 0 bridgehead atoms. The normalized spacial score (nSPS) is 11.2. The number of furan rings is 1. The van der Waals surface area contributed by atoms with Gasteiger partial charge < -0.3 is 10.2 Å². The number of para-hydroxylation sites is 1. The van der Waals surface area contributed by atoms with Gasteiger partial charge in [0.1, 0.15) is 17.7 Å². The number of hydrogen-bond acceptors (Lipinski definition) is 3. The lowest BCUT2D eigenvalue weighted by atomic mass is 10.0. The monoisotopic (exact) mass is 241 g/mol. The topological polar surface area (TPSA) is 67.8 Å². The van der Waals surface area contributed by atoms with Gasteiger partial charge in [-0.2, -0.15) is 5.10 Å². The smallest absolute Gasteiger partial charge is 0.149 e. The highest BCUT2D eigenvalue weighted by atomic mass is 16.3. The summed E-state index contributed by atoms with van der Waals surface area (Å²) < 4.78 is 5.56. The van der Waals surface area contributed by atoms with E-state index >= 15 is 0 Å². The quantitative estimate of drug-likeness (QED) is 0.738. The Bertz CT molecular complexity index is 681. The number of rotatable bonds is 3. The van der Waals surface area contributed by atoms with Crippen molar-refractivity contribution in [3.8, 4) is 11.3 Å². The van der Waals surface area contributed by atoms with Crippen LogP contribution in [0.15, 0.2) is 34.9 Å². The molecule has 2 heterocycles. The second-order valence-electron chi connectivity index (χ2n) is 4.36. The highest BCUT2D eigenvalue weighted by Gasteiger charge is 2.15. The van der Waals surface area contributed by atoms with Crippen molar-refractivity contribution >= 4 is 16.8 Å². The van der Waals surface area contributed by atoms with E-state index < -0.39 is 0 Å². The Labute approximate surface area is 105 Å². The molecular weight excluding hydrogens is 226 g/mol. The van der Waals surface area contributed by atoms with Gasteiger partial charge in [-0.05, 0) is 12.5 Å². The van der Waals surface area contributed by atoms with Crippen LogP contribution in [0, 0.1) is 0 Å². The fourth-order valence-corrected chi connectivity index (χ4v) is 2.28. The fourth-order valence-electron chi connectivity index (χ4n) is 2.28. The zero-order chi connectivity index (χ0) is 12.5. The summed E-state index contributed by atoms with van der Waals surface area (Å²) in [4.78, 5) is 0. The van der Waals surface area contributed by atoms with Gasteiger partial charge in [-0.25, -0.2) is 0 Å². The molecule has 0 aliphatic rings. The van der Waals surface area contributed by atoms with Gasteiger partial charge in [0, 0.05) is 16.5 Å². The predicted octanol–water partition coefficient (Wildman–Crippen LogP) is 3.36. The molecule has 0 fully saturated rings. The van der Waals surface area contributed by atoms with Gasteiger partial charge in [0.2, 0.25) is 0 Å². The first-order chi connectivity index (χ1) is 8.81. The van der Waals surface area contributed by atoms with E-state index in [1.54, 1.807) is 6.26 Å². The molecule has 92 valence electrons. The SMILES string of the molecule is CCCc1c(N)n[nH]c1-c1coc2ccccc12. The lowest BCUT2D eigenvalue weighted by Gasteiger charge is -2.00. The van der Waals surface area contributed by atoms with Crippen molar-refractivity contribution < 1.29 is 4.42 Å². The molecule has 0 saturated heterocycles. The van der Waals surface area contributed by atoms with E-state index in [0.29, 0.717) is 5.82 Å². The third-order valence-corrected chi connectivity index (χ3v) is 3.15. The lowest BCUT2D eigenvalue weighted by molar-refractivity contribution is 0.616. The van der Waals surface area contributed by atoms with Crippen LogP contribution in [-0.2, 0) is 6.42 Å². The van der Waals surface area contributed by atoms with E-state index in [0.717, 1.165) is 40.6 Å². The molecule has 3 aromatic rings. The summed E-state index contributed by atoms with van der Waals surface area (Å²) in [6.07, 6.45) is 3.71. The molecule has 0 unspecified atom stereocenters. The van der Waals surface area contributed by atoms with Crippen LogP contribution in [0.4, 0.5) is 5.82 Å². The summed E-state index contributed by atoms with van der Waals surface area (Å²) in [7, 11) is 0. The maximum absolute atomic E-state index is 5.90. The summed E-state index contributed by atoms with van der Waals surface area (Å²) in [6, 6.07) is 7.96. The molecule has 4 nitrogen and oxygen atoms in total. The minimum absolute atomic E-state index is 0.581. The number of fused-ring (bicyclic) bond motifs is 1. The van der Waals surface area contributed by atoms with Crippen molar-refractivity contribution in [3.05, 3.63) is 36.1 Å². The van der Waals surface area contributed by atoms with Crippen molar-refractivity contribution in [2.24, 2.45) is 0 Å². The largest absolute Gasteiger partial charge is 0.464 e. The van der Waals surface area contributed by atoms with Crippen LogP contribution < -0.4 is 5.73 Å². The number of aromatic amines is 1. The molecular formula is C14H15N3O. The van der Waals surface area contributed by atoms with Gasteiger partial charge in [-0.15, -0.1) is 0 Å². The molecule has 0 spiro atoms. The first kappa shape index (κ1) is 10.9. The van der Waals surface area contributed by atoms with E-state index in [9.17, 15) is 0 Å². The molecule has 0 aliphatic carbocycles. The van der Waals surface area contributed by atoms with Crippen LogP contribution in [0.2, 0.25) is 0 Å². The van der Waals surface area contributed by atoms with Crippen LogP contribution in [0.1, 0.15) is 18.9 Å². The Morgan fingerprint density at radius 1 is 1.33 bits per heavy atom. The molecule has 0 amide bonds. The molecule has 0 radical (unpaired) electrons. The van der Waals surface area contributed by atoms with Crippen LogP contribution in [0.3, 0.4) is 0 Å². The highest BCUT2D eigenvalue weighted by molar-refractivity contribution is 5.94. The summed E-state index contributed by atoms with van der Waals surface area (Å²) in [5.74, 6) is 0.581. The third-order valence-electron chi connectivity index (χ3n) is 3.15. The predicted molar refractivity (Wildman–Crippen MR) is 72.2 cm³/mol. The van der Waals surface area contributed by atoms with E-state index in [1.165, 1.54) is 0 Å². The van der Waals surface area contributed by atoms with Gasteiger partial charge in [-0.3, -0.25) is 5.10 Å². The van der Waals surface area contributed by atoms with Gasteiger partial charge in [-0.1, -0.05) is 31.5 Å². The molecule has 2 aromatic heterocycles. The number of hydrogen-bond donors (Lipinski definition) is 2. The molecule has 0 aliphatic heterocycles. The number of nitrogens with one attached hydrogen (secondary N) is 1. The van der Waals surface area contributed by atoms with Crippen LogP contribution in [-0.4, -0.2) is 10.2 Å². The number of nitrogen functional groups attached to an aromatic ring is 1. The maximum Gasteiger partial charge on any atom is 0.149 e. The van der Waals surface area contributed by atoms with Gasteiger partial charge in [0.05, 0.1) is 5.69 Å². The Morgan fingerprint density at radius 2 is 2.17 bits per heavy atom. The third kappa shape index (κ3) is 1.57. The van der Waals surface area contributed by atoms with Crippen molar-refractivity contribution in [1.82, 2.24) is 10.2 Å². The lowest BCUT2D eigenvalue weighted by Crippen LogP contribution is -1.92. The zero-order valence-corrected chi connectivity index (χ0v) is 10.2. The van der Waals surface area contributed by atoms with Gasteiger partial charge >= 0.3 is 0 Å². The molecule has 3 rings (SSSR count). The second-order valence-corrected chi connectivity index (χ2v) is 4.36. The molecule has 3 N–H and O–H groups in total. The van der Waals surface area contributed by atoms with E-state index in [-0.39, 0.29) is 0 Å². The molecule has 1 aromatic carbocycles. The summed E-state index contributed by atoms with van der Waals surface area (Å²) >= 11 is 0.